The van der Waals surface area contributed by atoms with Gasteiger partial charge in [-0.1, -0.05) is 44.2 Å². The van der Waals surface area contributed by atoms with Gasteiger partial charge in [0.1, 0.15) is 6.54 Å². The fourth-order valence-electron chi connectivity index (χ4n) is 3.98. The van der Waals surface area contributed by atoms with Crippen LogP contribution in [0, 0.1) is 5.92 Å². The minimum absolute atomic E-state index is 0.0533. The van der Waals surface area contributed by atoms with E-state index in [1.54, 1.807) is 6.07 Å². The van der Waals surface area contributed by atoms with Gasteiger partial charge in [-0.15, -0.1) is 0 Å². The maximum absolute atomic E-state index is 13.8. The molecule has 178 valence electrons. The highest BCUT2D eigenvalue weighted by Gasteiger charge is 2.30. The van der Waals surface area contributed by atoms with Crippen molar-refractivity contribution in [3.8, 4) is 0 Å². The Hall–Kier alpha value is -3.75. The van der Waals surface area contributed by atoms with Gasteiger partial charge in [0.15, 0.2) is 5.65 Å². The van der Waals surface area contributed by atoms with E-state index in [-0.39, 0.29) is 41.5 Å². The number of hydrogen-bond acceptors (Lipinski definition) is 6. The monoisotopic (exact) mass is 464 g/mol. The van der Waals surface area contributed by atoms with Crippen molar-refractivity contribution in [2.45, 2.75) is 45.7 Å². The second-order valence-electron chi connectivity index (χ2n) is 9.05. The zero-order valence-electron chi connectivity index (χ0n) is 19.5. The molecule has 9 heteroatoms. The molecule has 0 radical (unpaired) electrons. The molecule has 1 fully saturated rings. The molecule has 0 bridgehead atoms. The molecule has 1 amide bonds. The van der Waals surface area contributed by atoms with Crippen LogP contribution in [0.25, 0.3) is 11.0 Å². The third-order valence-electron chi connectivity index (χ3n) is 5.79. The van der Waals surface area contributed by atoms with Gasteiger partial charge in [0.05, 0.1) is 18.1 Å². The van der Waals surface area contributed by atoms with Gasteiger partial charge in [-0.25, -0.2) is 9.78 Å². The topological polar surface area (TPSA) is 114 Å². The fraction of sp³-hybridized carbons (Fsp3) is 0.400. The van der Waals surface area contributed by atoms with E-state index >= 15 is 0 Å². The van der Waals surface area contributed by atoms with E-state index in [1.807, 2.05) is 44.2 Å². The SMILES string of the molecule is COC(=O)CN(Cc1ccccc1)C(=O)c1cc(C2CC2)nc2c1c(=O)[nH]c(=O)n2CC(C)C. The summed E-state index contributed by atoms with van der Waals surface area (Å²) in [6.45, 7) is 4.13. The summed E-state index contributed by atoms with van der Waals surface area (Å²) in [7, 11) is 1.26. The molecule has 3 aromatic rings. The number of rotatable bonds is 8. The Balaban J connectivity index is 1.89. The maximum atomic E-state index is 13.8. The molecule has 0 atom stereocenters. The Morgan fingerprint density at radius 3 is 2.53 bits per heavy atom. The average molecular weight is 465 g/mol. The number of pyridine rings is 1. The molecule has 0 aliphatic heterocycles. The highest BCUT2D eigenvalue weighted by Crippen LogP contribution is 2.40. The van der Waals surface area contributed by atoms with Gasteiger partial charge in [-0.3, -0.25) is 23.9 Å². The van der Waals surface area contributed by atoms with Crippen molar-refractivity contribution in [2.24, 2.45) is 5.92 Å². The predicted molar refractivity (Wildman–Crippen MR) is 127 cm³/mol. The number of carbonyl (C=O) groups excluding carboxylic acids is 2. The van der Waals surface area contributed by atoms with Crippen LogP contribution in [0.4, 0.5) is 0 Å². The molecule has 2 aromatic heterocycles. The fourth-order valence-corrected chi connectivity index (χ4v) is 3.98. The zero-order valence-corrected chi connectivity index (χ0v) is 19.5. The average Bonchev–Trinajstić information content (AvgIpc) is 3.66. The minimum Gasteiger partial charge on any atom is -0.468 e. The highest BCUT2D eigenvalue weighted by molar-refractivity contribution is 6.06. The summed E-state index contributed by atoms with van der Waals surface area (Å²) in [6, 6.07) is 10.9. The summed E-state index contributed by atoms with van der Waals surface area (Å²) in [5.41, 5.74) is 0.609. The molecule has 1 N–H and O–H groups in total. The predicted octanol–water partition coefficient (Wildman–Crippen LogP) is 2.43. The van der Waals surface area contributed by atoms with E-state index in [2.05, 4.69) is 9.97 Å². The molecule has 0 saturated heterocycles. The van der Waals surface area contributed by atoms with Gasteiger partial charge in [-0.2, -0.15) is 0 Å². The van der Waals surface area contributed by atoms with Crippen LogP contribution in [0.3, 0.4) is 0 Å². The number of ether oxygens (including phenoxy) is 1. The molecule has 34 heavy (non-hydrogen) atoms. The van der Waals surface area contributed by atoms with Crippen LogP contribution in [0.15, 0.2) is 46.0 Å². The van der Waals surface area contributed by atoms with Crippen molar-refractivity contribution in [2.75, 3.05) is 13.7 Å². The summed E-state index contributed by atoms with van der Waals surface area (Å²) < 4.78 is 6.23. The standard InChI is InChI=1S/C25H28N4O5/c1-15(2)12-29-22-21(23(31)27-25(29)33)18(11-19(26-22)17-9-10-17)24(32)28(14-20(30)34-3)13-16-7-5-4-6-8-16/h4-8,11,15,17H,9-10,12-14H2,1-3H3,(H,27,31,33). The van der Waals surface area contributed by atoms with Gasteiger partial charge in [0, 0.05) is 24.7 Å². The maximum Gasteiger partial charge on any atom is 0.330 e. The van der Waals surface area contributed by atoms with Crippen LogP contribution in [-0.4, -0.2) is 45.0 Å². The van der Waals surface area contributed by atoms with Crippen LogP contribution >= 0.6 is 0 Å². The zero-order chi connectivity index (χ0) is 24.4. The van der Waals surface area contributed by atoms with Crippen molar-refractivity contribution in [3.05, 3.63) is 74.1 Å². The number of amides is 1. The number of benzene rings is 1. The Morgan fingerprint density at radius 1 is 1.21 bits per heavy atom. The lowest BCUT2D eigenvalue weighted by Crippen LogP contribution is -2.38. The number of hydrogen-bond donors (Lipinski definition) is 1. The number of nitrogens with zero attached hydrogens (tertiary/aromatic N) is 3. The van der Waals surface area contributed by atoms with E-state index in [1.165, 1.54) is 16.6 Å². The highest BCUT2D eigenvalue weighted by atomic mass is 16.5. The van der Waals surface area contributed by atoms with E-state index in [0.29, 0.717) is 12.2 Å². The molecule has 0 spiro atoms. The van der Waals surface area contributed by atoms with Crippen molar-refractivity contribution in [3.63, 3.8) is 0 Å². The summed E-state index contributed by atoms with van der Waals surface area (Å²) >= 11 is 0. The summed E-state index contributed by atoms with van der Waals surface area (Å²) in [5, 5.41) is 0.0533. The molecular formula is C25H28N4O5. The lowest BCUT2D eigenvalue weighted by Gasteiger charge is -2.23. The molecule has 1 aliphatic carbocycles. The Morgan fingerprint density at radius 2 is 1.91 bits per heavy atom. The number of aromatic nitrogens is 3. The van der Waals surface area contributed by atoms with Gasteiger partial charge in [-0.05, 0) is 30.4 Å². The van der Waals surface area contributed by atoms with E-state index in [4.69, 9.17) is 4.74 Å². The van der Waals surface area contributed by atoms with Crippen LogP contribution in [0.2, 0.25) is 0 Å². The largest absolute Gasteiger partial charge is 0.468 e. The molecule has 9 nitrogen and oxygen atoms in total. The van der Waals surface area contributed by atoms with Crippen LogP contribution in [-0.2, 0) is 22.6 Å². The number of aromatic amines is 1. The first-order valence-electron chi connectivity index (χ1n) is 11.4. The normalized spacial score (nSPS) is 13.3. The van der Waals surface area contributed by atoms with Crippen molar-refractivity contribution >= 4 is 22.9 Å². The Bertz CT molecular complexity index is 1340. The number of fused-ring (bicyclic) bond motifs is 1. The van der Waals surface area contributed by atoms with Gasteiger partial charge >= 0.3 is 11.7 Å². The first kappa shape index (κ1) is 23.4. The van der Waals surface area contributed by atoms with Crippen molar-refractivity contribution < 1.29 is 14.3 Å². The summed E-state index contributed by atoms with van der Waals surface area (Å²) in [5.74, 6) is -0.772. The molecule has 1 aromatic carbocycles. The minimum atomic E-state index is -0.670. The number of methoxy groups -OCH3 is 1. The smallest absolute Gasteiger partial charge is 0.330 e. The Kier molecular flexibility index (Phi) is 6.63. The third kappa shape index (κ3) is 4.93. The molecule has 0 unspecified atom stereocenters. The Labute approximate surface area is 196 Å². The lowest BCUT2D eigenvalue weighted by atomic mass is 10.1. The number of nitrogens with one attached hydrogen (secondary N) is 1. The molecule has 4 rings (SSSR count). The summed E-state index contributed by atoms with van der Waals surface area (Å²) in [4.78, 5) is 59.9. The van der Waals surface area contributed by atoms with E-state index in [0.717, 1.165) is 18.4 Å². The van der Waals surface area contributed by atoms with Crippen molar-refractivity contribution in [1.82, 2.24) is 19.4 Å². The first-order valence-corrected chi connectivity index (χ1v) is 11.4. The van der Waals surface area contributed by atoms with Crippen LogP contribution < -0.4 is 11.2 Å². The van der Waals surface area contributed by atoms with E-state index < -0.39 is 23.1 Å². The van der Waals surface area contributed by atoms with Crippen molar-refractivity contribution in [1.29, 1.82) is 0 Å². The van der Waals surface area contributed by atoms with Gasteiger partial charge in [0.2, 0.25) is 0 Å². The second-order valence-corrected chi connectivity index (χ2v) is 9.05. The second kappa shape index (κ2) is 9.62. The van der Waals surface area contributed by atoms with Crippen LogP contribution in [0.1, 0.15) is 54.2 Å². The van der Waals surface area contributed by atoms with Gasteiger partial charge < -0.3 is 9.64 Å². The molecule has 1 saturated carbocycles. The number of esters is 1. The van der Waals surface area contributed by atoms with Crippen LogP contribution in [0.5, 0.6) is 0 Å². The molecule has 2 heterocycles. The summed E-state index contributed by atoms with van der Waals surface area (Å²) in [6.07, 6.45) is 1.86. The number of carbonyl (C=O) groups is 2. The lowest BCUT2D eigenvalue weighted by molar-refractivity contribution is -0.141. The third-order valence-corrected chi connectivity index (χ3v) is 5.79. The first-order chi connectivity index (χ1) is 16.3. The quantitative estimate of drug-likeness (QED) is 0.512. The molecular weight excluding hydrogens is 436 g/mol. The number of H-pyrrole nitrogens is 1. The van der Waals surface area contributed by atoms with E-state index in [9.17, 15) is 19.2 Å². The molecule has 1 aliphatic rings. The van der Waals surface area contributed by atoms with Gasteiger partial charge in [0.25, 0.3) is 11.5 Å².